The highest BCUT2D eigenvalue weighted by atomic mass is 16.5. The first kappa shape index (κ1) is 24.6. The van der Waals surface area contributed by atoms with Gasteiger partial charge in [0, 0.05) is 5.56 Å². The molecule has 0 aliphatic heterocycles. The zero-order chi connectivity index (χ0) is 23.3. The zero-order valence-corrected chi connectivity index (χ0v) is 20.2. The summed E-state index contributed by atoms with van der Waals surface area (Å²) in [7, 11) is 0. The smallest absolute Gasteiger partial charge is 0.343 e. The SMILES string of the molecule is CCOC(=O)C(c1cc(C(C)(C)C)cc(C)c1OC(=O)c1ccc(CC)cc1)C(C)C. The maximum atomic E-state index is 12.9. The van der Waals surface area contributed by atoms with Crippen LogP contribution >= 0.6 is 0 Å². The molecule has 2 aromatic rings. The second-order valence-electron chi connectivity index (χ2n) is 9.38. The zero-order valence-electron chi connectivity index (χ0n) is 20.2. The summed E-state index contributed by atoms with van der Waals surface area (Å²) in [4.78, 5) is 25.8. The predicted octanol–water partition coefficient (Wildman–Crippen LogP) is 6.38. The first-order valence-electron chi connectivity index (χ1n) is 11.1. The Labute approximate surface area is 187 Å². The molecule has 1 atom stereocenters. The van der Waals surface area contributed by atoms with Gasteiger partial charge in [-0.2, -0.15) is 0 Å². The largest absolute Gasteiger partial charge is 0.466 e. The fraction of sp³-hybridized carbons (Fsp3) is 0.481. The third kappa shape index (κ3) is 5.96. The van der Waals surface area contributed by atoms with Gasteiger partial charge in [0.15, 0.2) is 0 Å². The van der Waals surface area contributed by atoms with E-state index in [-0.39, 0.29) is 17.3 Å². The van der Waals surface area contributed by atoms with Crippen molar-refractivity contribution in [3.8, 4) is 5.75 Å². The van der Waals surface area contributed by atoms with Crippen LogP contribution in [0.15, 0.2) is 36.4 Å². The molecular formula is C27H36O4. The summed E-state index contributed by atoms with van der Waals surface area (Å²) in [6.07, 6.45) is 0.905. The van der Waals surface area contributed by atoms with E-state index in [0.29, 0.717) is 23.5 Å². The Bertz CT molecular complexity index is 917. The van der Waals surface area contributed by atoms with Crippen molar-refractivity contribution in [2.24, 2.45) is 5.92 Å². The fourth-order valence-corrected chi connectivity index (χ4v) is 3.62. The van der Waals surface area contributed by atoms with Crippen molar-refractivity contribution in [3.63, 3.8) is 0 Å². The molecule has 1 unspecified atom stereocenters. The van der Waals surface area contributed by atoms with E-state index in [4.69, 9.17) is 9.47 Å². The topological polar surface area (TPSA) is 52.6 Å². The van der Waals surface area contributed by atoms with Crippen molar-refractivity contribution >= 4 is 11.9 Å². The lowest BCUT2D eigenvalue weighted by molar-refractivity contribution is -0.146. The summed E-state index contributed by atoms with van der Waals surface area (Å²) in [5.74, 6) is -0.820. The molecule has 0 aromatic heterocycles. The van der Waals surface area contributed by atoms with Gasteiger partial charge in [-0.05, 0) is 60.4 Å². The number of carbonyl (C=O) groups excluding carboxylic acids is 2. The van der Waals surface area contributed by atoms with Crippen molar-refractivity contribution < 1.29 is 19.1 Å². The van der Waals surface area contributed by atoms with E-state index in [9.17, 15) is 9.59 Å². The van der Waals surface area contributed by atoms with Gasteiger partial charge < -0.3 is 9.47 Å². The average molecular weight is 425 g/mol. The van der Waals surface area contributed by atoms with Crippen LogP contribution < -0.4 is 4.74 Å². The number of aryl methyl sites for hydroxylation is 2. The number of benzene rings is 2. The lowest BCUT2D eigenvalue weighted by Crippen LogP contribution is -2.24. The Morgan fingerprint density at radius 3 is 2.10 bits per heavy atom. The number of ether oxygens (including phenoxy) is 2. The number of rotatable bonds is 7. The maximum absolute atomic E-state index is 12.9. The second-order valence-corrected chi connectivity index (χ2v) is 9.38. The van der Waals surface area contributed by atoms with Gasteiger partial charge in [0.2, 0.25) is 0 Å². The van der Waals surface area contributed by atoms with E-state index >= 15 is 0 Å². The molecule has 0 amide bonds. The average Bonchev–Trinajstić information content (AvgIpc) is 2.69. The molecule has 0 spiro atoms. The molecule has 0 bridgehead atoms. The number of hydrogen-bond donors (Lipinski definition) is 0. The molecule has 0 fully saturated rings. The highest BCUT2D eigenvalue weighted by Crippen LogP contribution is 2.39. The van der Waals surface area contributed by atoms with E-state index < -0.39 is 11.9 Å². The summed E-state index contributed by atoms with van der Waals surface area (Å²) in [6, 6.07) is 11.5. The van der Waals surface area contributed by atoms with E-state index in [0.717, 1.165) is 23.1 Å². The third-order valence-electron chi connectivity index (χ3n) is 5.50. The van der Waals surface area contributed by atoms with Crippen molar-refractivity contribution in [1.82, 2.24) is 0 Å². The Kier molecular flexibility index (Phi) is 8.05. The number of esters is 2. The monoisotopic (exact) mass is 424 g/mol. The first-order valence-corrected chi connectivity index (χ1v) is 11.1. The van der Waals surface area contributed by atoms with Crippen LogP contribution in [0.25, 0.3) is 0 Å². The van der Waals surface area contributed by atoms with Gasteiger partial charge in [-0.3, -0.25) is 4.79 Å². The Balaban J connectivity index is 2.58. The van der Waals surface area contributed by atoms with Crippen LogP contribution in [-0.4, -0.2) is 18.5 Å². The first-order chi connectivity index (χ1) is 14.5. The molecule has 4 nitrogen and oxygen atoms in total. The highest BCUT2D eigenvalue weighted by Gasteiger charge is 2.32. The molecule has 2 aromatic carbocycles. The number of hydrogen-bond acceptors (Lipinski definition) is 4. The van der Waals surface area contributed by atoms with Gasteiger partial charge in [-0.1, -0.05) is 65.8 Å². The molecule has 0 N–H and O–H groups in total. The maximum Gasteiger partial charge on any atom is 0.343 e. The van der Waals surface area contributed by atoms with Crippen LogP contribution in [0, 0.1) is 12.8 Å². The molecule has 0 heterocycles. The minimum Gasteiger partial charge on any atom is -0.466 e. The van der Waals surface area contributed by atoms with Gasteiger partial charge in [0.1, 0.15) is 5.75 Å². The highest BCUT2D eigenvalue weighted by molar-refractivity contribution is 5.92. The third-order valence-corrected chi connectivity index (χ3v) is 5.50. The molecular weight excluding hydrogens is 388 g/mol. The fourth-order valence-electron chi connectivity index (χ4n) is 3.62. The molecule has 4 heteroatoms. The normalized spacial score (nSPS) is 12.5. The summed E-state index contributed by atoms with van der Waals surface area (Å²) in [6.45, 7) is 16.4. The van der Waals surface area contributed by atoms with E-state index in [1.165, 1.54) is 0 Å². The molecule has 0 saturated heterocycles. The van der Waals surface area contributed by atoms with Gasteiger partial charge in [0.05, 0.1) is 18.1 Å². The summed E-state index contributed by atoms with van der Waals surface area (Å²) in [5, 5.41) is 0. The Hall–Kier alpha value is -2.62. The van der Waals surface area contributed by atoms with Gasteiger partial charge in [0.25, 0.3) is 0 Å². The van der Waals surface area contributed by atoms with Crippen LogP contribution in [-0.2, 0) is 21.4 Å². The molecule has 31 heavy (non-hydrogen) atoms. The van der Waals surface area contributed by atoms with Crippen molar-refractivity contribution in [2.75, 3.05) is 6.61 Å². The standard InChI is InChI=1S/C27H36O4/c1-9-19-11-13-20(14-12-19)25(28)31-24-18(5)15-21(27(6,7)8)16-22(24)23(17(3)4)26(29)30-10-2/h11-17,23H,9-10H2,1-8H3. The summed E-state index contributed by atoms with van der Waals surface area (Å²) in [5.41, 5.74) is 4.15. The van der Waals surface area contributed by atoms with Crippen molar-refractivity contribution in [2.45, 2.75) is 73.1 Å². The van der Waals surface area contributed by atoms with Crippen molar-refractivity contribution in [1.29, 1.82) is 0 Å². The molecule has 0 saturated carbocycles. The Morgan fingerprint density at radius 1 is 1.00 bits per heavy atom. The molecule has 0 aliphatic carbocycles. The lowest BCUT2D eigenvalue weighted by atomic mass is 9.80. The lowest BCUT2D eigenvalue weighted by Gasteiger charge is -2.27. The van der Waals surface area contributed by atoms with Crippen molar-refractivity contribution in [3.05, 3.63) is 64.2 Å². The summed E-state index contributed by atoms with van der Waals surface area (Å²) >= 11 is 0. The quantitative estimate of drug-likeness (QED) is 0.382. The van der Waals surface area contributed by atoms with Crippen LogP contribution in [0.4, 0.5) is 0 Å². The second kappa shape index (κ2) is 10.1. The summed E-state index contributed by atoms with van der Waals surface area (Å²) < 4.78 is 11.3. The van der Waals surface area contributed by atoms with E-state index in [2.05, 4.69) is 27.7 Å². The van der Waals surface area contributed by atoms with Crippen LogP contribution in [0.2, 0.25) is 0 Å². The molecule has 168 valence electrons. The van der Waals surface area contributed by atoms with Gasteiger partial charge in [-0.15, -0.1) is 0 Å². The minimum absolute atomic E-state index is 0.0186. The Morgan fingerprint density at radius 2 is 1.61 bits per heavy atom. The van der Waals surface area contributed by atoms with Crippen LogP contribution in [0.5, 0.6) is 5.75 Å². The van der Waals surface area contributed by atoms with E-state index in [1.807, 2.05) is 45.0 Å². The van der Waals surface area contributed by atoms with Gasteiger partial charge >= 0.3 is 11.9 Å². The van der Waals surface area contributed by atoms with Crippen LogP contribution in [0.3, 0.4) is 0 Å². The predicted molar refractivity (Wildman–Crippen MR) is 125 cm³/mol. The number of carbonyl (C=O) groups is 2. The van der Waals surface area contributed by atoms with Gasteiger partial charge in [-0.25, -0.2) is 4.79 Å². The molecule has 0 radical (unpaired) electrons. The minimum atomic E-state index is -0.522. The molecule has 2 rings (SSSR count). The van der Waals surface area contributed by atoms with E-state index in [1.54, 1.807) is 19.1 Å². The van der Waals surface area contributed by atoms with Crippen LogP contribution in [0.1, 0.15) is 87.0 Å². The molecule has 0 aliphatic rings.